The second-order valence-corrected chi connectivity index (χ2v) is 7.26. The molecule has 0 N–H and O–H groups in total. The molecule has 3 rings (SSSR count). The average Bonchev–Trinajstić information content (AvgIpc) is 2.70. The first kappa shape index (κ1) is 16.1. The molecule has 1 fully saturated rings. The van der Waals surface area contributed by atoms with E-state index in [0.29, 0.717) is 31.6 Å². The minimum absolute atomic E-state index is 0.193. The third-order valence-electron chi connectivity index (χ3n) is 4.50. The van der Waals surface area contributed by atoms with Crippen molar-refractivity contribution in [1.82, 2.24) is 4.81 Å². The van der Waals surface area contributed by atoms with Gasteiger partial charge in [-0.1, -0.05) is 18.2 Å². The summed E-state index contributed by atoms with van der Waals surface area (Å²) in [5.74, 6) is -0.193. The van der Waals surface area contributed by atoms with Crippen molar-refractivity contribution in [3.05, 3.63) is 29.8 Å². The molecule has 1 aromatic carbocycles. The third-order valence-corrected chi connectivity index (χ3v) is 4.50. The standard InChI is InChI=1S/C17H21BN2O3/c1-16(2,3)23-15(22)20-13-7-5-4-6-12(13)17(14(20)21)8-10-19(18)11-9-17/h4-7H,8-11H2,1-3H3. The SMILES string of the molecule is [B]N1CCC2(CC1)C(=O)N(C(=O)OC(C)(C)C)c1ccccc12. The first-order valence-electron chi connectivity index (χ1n) is 7.91. The molecular weight excluding hydrogens is 291 g/mol. The number of nitrogens with zero attached hydrogens (tertiary/aromatic N) is 2. The van der Waals surface area contributed by atoms with Crippen LogP contribution in [0.15, 0.2) is 24.3 Å². The molecule has 0 saturated carbocycles. The van der Waals surface area contributed by atoms with Gasteiger partial charge in [-0.2, -0.15) is 0 Å². The summed E-state index contributed by atoms with van der Waals surface area (Å²) < 4.78 is 5.44. The van der Waals surface area contributed by atoms with E-state index in [1.54, 1.807) is 31.6 Å². The lowest BCUT2D eigenvalue weighted by Gasteiger charge is -2.37. The van der Waals surface area contributed by atoms with Crippen molar-refractivity contribution in [3.8, 4) is 0 Å². The minimum atomic E-state index is -0.663. The lowest BCUT2D eigenvalue weighted by atomic mass is 9.73. The molecule has 2 aliphatic heterocycles. The van der Waals surface area contributed by atoms with Crippen LogP contribution in [0, 0.1) is 0 Å². The van der Waals surface area contributed by atoms with Crippen LogP contribution in [0.4, 0.5) is 10.5 Å². The zero-order valence-corrected chi connectivity index (χ0v) is 13.8. The second-order valence-electron chi connectivity index (χ2n) is 7.26. The largest absolute Gasteiger partial charge is 0.443 e. The van der Waals surface area contributed by atoms with E-state index in [0.717, 1.165) is 5.56 Å². The number of para-hydroxylation sites is 1. The minimum Gasteiger partial charge on any atom is -0.443 e. The number of fused-ring (bicyclic) bond motifs is 2. The maximum absolute atomic E-state index is 13.1. The first-order valence-corrected chi connectivity index (χ1v) is 7.91. The van der Waals surface area contributed by atoms with E-state index in [9.17, 15) is 9.59 Å². The van der Waals surface area contributed by atoms with Crippen molar-refractivity contribution in [2.45, 2.75) is 44.6 Å². The highest BCUT2D eigenvalue weighted by Gasteiger charge is 2.54. The van der Waals surface area contributed by atoms with Gasteiger partial charge in [-0.3, -0.25) is 4.79 Å². The molecule has 1 spiro atoms. The summed E-state index contributed by atoms with van der Waals surface area (Å²) in [5, 5.41) is 0. The Morgan fingerprint density at radius 2 is 1.83 bits per heavy atom. The number of imide groups is 1. The highest BCUT2D eigenvalue weighted by atomic mass is 16.6. The molecule has 0 aromatic heterocycles. The van der Waals surface area contributed by atoms with Gasteiger partial charge in [-0.25, -0.2) is 9.69 Å². The van der Waals surface area contributed by atoms with Crippen molar-refractivity contribution in [2.24, 2.45) is 0 Å². The van der Waals surface area contributed by atoms with Crippen LogP contribution in [0.1, 0.15) is 39.2 Å². The summed E-state index contributed by atoms with van der Waals surface area (Å²) in [4.78, 5) is 28.6. The van der Waals surface area contributed by atoms with Crippen LogP contribution in [0.5, 0.6) is 0 Å². The molecule has 0 bridgehead atoms. The van der Waals surface area contributed by atoms with Crippen molar-refractivity contribution < 1.29 is 14.3 Å². The number of carbonyl (C=O) groups excluding carboxylic acids is 2. The number of hydrogen-bond acceptors (Lipinski definition) is 4. The number of ether oxygens (including phenoxy) is 1. The van der Waals surface area contributed by atoms with Gasteiger partial charge in [-0.05, 0) is 58.3 Å². The van der Waals surface area contributed by atoms with E-state index < -0.39 is 17.1 Å². The van der Waals surface area contributed by atoms with Gasteiger partial charge in [0.25, 0.3) is 0 Å². The average molecular weight is 312 g/mol. The Morgan fingerprint density at radius 1 is 1.22 bits per heavy atom. The molecule has 6 heteroatoms. The summed E-state index contributed by atoms with van der Waals surface area (Å²) in [7, 11) is 5.85. The maximum atomic E-state index is 13.1. The summed E-state index contributed by atoms with van der Waals surface area (Å²) in [6, 6.07) is 7.48. The molecular formula is C17H21BN2O3. The fraction of sp³-hybridized carbons (Fsp3) is 0.529. The van der Waals surface area contributed by atoms with Gasteiger partial charge in [0.2, 0.25) is 5.91 Å². The predicted octanol–water partition coefficient (Wildman–Crippen LogP) is 2.39. The van der Waals surface area contributed by atoms with E-state index in [2.05, 4.69) is 0 Å². The van der Waals surface area contributed by atoms with E-state index >= 15 is 0 Å². The van der Waals surface area contributed by atoms with Crippen LogP contribution in [-0.2, 0) is 14.9 Å². The van der Waals surface area contributed by atoms with E-state index in [-0.39, 0.29) is 5.91 Å². The molecule has 2 heterocycles. The van der Waals surface area contributed by atoms with Crippen LogP contribution >= 0.6 is 0 Å². The highest BCUT2D eigenvalue weighted by molar-refractivity contribution is 6.21. The van der Waals surface area contributed by atoms with Crippen molar-refractivity contribution in [3.63, 3.8) is 0 Å². The van der Waals surface area contributed by atoms with Crippen molar-refractivity contribution in [2.75, 3.05) is 18.0 Å². The monoisotopic (exact) mass is 312 g/mol. The fourth-order valence-electron chi connectivity index (χ4n) is 3.39. The maximum Gasteiger partial charge on any atom is 0.421 e. The molecule has 120 valence electrons. The molecule has 23 heavy (non-hydrogen) atoms. The van der Waals surface area contributed by atoms with Crippen LogP contribution in [-0.4, -0.2) is 43.5 Å². The molecule has 5 nitrogen and oxygen atoms in total. The highest BCUT2D eigenvalue weighted by Crippen LogP contribution is 2.48. The molecule has 1 aromatic rings. The molecule has 0 unspecified atom stereocenters. The fourth-order valence-corrected chi connectivity index (χ4v) is 3.39. The molecule has 0 atom stereocenters. The van der Waals surface area contributed by atoms with Crippen molar-refractivity contribution in [1.29, 1.82) is 0 Å². The van der Waals surface area contributed by atoms with Gasteiger partial charge in [0, 0.05) is 0 Å². The smallest absolute Gasteiger partial charge is 0.421 e. The summed E-state index contributed by atoms with van der Waals surface area (Å²) in [5.41, 5.74) is 0.229. The Hall–Kier alpha value is -1.82. The number of rotatable bonds is 0. The quantitative estimate of drug-likeness (QED) is 0.690. The van der Waals surface area contributed by atoms with Gasteiger partial charge in [0.1, 0.15) is 5.60 Å². The second kappa shape index (κ2) is 5.37. The van der Waals surface area contributed by atoms with Gasteiger partial charge < -0.3 is 9.55 Å². The predicted molar refractivity (Wildman–Crippen MR) is 88.4 cm³/mol. The molecule has 0 aliphatic carbocycles. The molecule has 2 amide bonds. The Kier molecular flexibility index (Phi) is 3.75. The van der Waals surface area contributed by atoms with Crippen molar-refractivity contribution >= 4 is 25.7 Å². The van der Waals surface area contributed by atoms with E-state index in [4.69, 9.17) is 12.7 Å². The zero-order valence-electron chi connectivity index (χ0n) is 13.8. The Labute approximate surface area is 138 Å². The lowest BCUT2D eigenvalue weighted by Crippen LogP contribution is -2.50. The van der Waals surface area contributed by atoms with Gasteiger partial charge in [0.05, 0.1) is 11.1 Å². The van der Waals surface area contributed by atoms with Gasteiger partial charge in [-0.15, -0.1) is 0 Å². The number of piperidine rings is 1. The Bertz CT molecular complexity index is 645. The number of benzene rings is 1. The topological polar surface area (TPSA) is 49.9 Å². The summed E-state index contributed by atoms with van der Waals surface area (Å²) >= 11 is 0. The van der Waals surface area contributed by atoms with E-state index in [1.807, 2.05) is 18.2 Å². The molecule has 2 aliphatic rings. The Balaban J connectivity index is 2.01. The van der Waals surface area contributed by atoms with Gasteiger partial charge in [0.15, 0.2) is 7.98 Å². The Morgan fingerprint density at radius 3 is 2.43 bits per heavy atom. The zero-order chi connectivity index (χ0) is 16.8. The van der Waals surface area contributed by atoms with Crippen LogP contribution in [0.3, 0.4) is 0 Å². The van der Waals surface area contributed by atoms with Crippen LogP contribution in [0.25, 0.3) is 0 Å². The van der Waals surface area contributed by atoms with Gasteiger partial charge >= 0.3 is 6.09 Å². The van der Waals surface area contributed by atoms with E-state index in [1.165, 1.54) is 4.90 Å². The molecule has 1 saturated heterocycles. The third kappa shape index (κ3) is 2.65. The normalized spacial score (nSPS) is 20.7. The van der Waals surface area contributed by atoms with Crippen LogP contribution < -0.4 is 4.90 Å². The first-order chi connectivity index (χ1) is 10.7. The molecule has 2 radical (unpaired) electrons. The number of anilines is 1. The number of hydrogen-bond donors (Lipinski definition) is 0. The number of carbonyl (C=O) groups is 2. The van der Waals surface area contributed by atoms with Crippen LogP contribution in [0.2, 0.25) is 0 Å². The number of amides is 2. The summed E-state index contributed by atoms with van der Waals surface area (Å²) in [6.07, 6.45) is 0.610. The summed E-state index contributed by atoms with van der Waals surface area (Å²) in [6.45, 7) is 6.63. The lowest BCUT2D eigenvalue weighted by molar-refractivity contribution is -0.124.